The Kier molecular flexibility index (Phi) is 5.95. The molecule has 1 heterocycles. The van der Waals surface area contributed by atoms with Crippen molar-refractivity contribution in [2.45, 2.75) is 33.6 Å². The molecule has 4 nitrogen and oxygen atoms in total. The second-order valence-electron chi connectivity index (χ2n) is 5.69. The molecular formula is C17H23N3OS. The van der Waals surface area contributed by atoms with E-state index in [2.05, 4.69) is 29.5 Å². The van der Waals surface area contributed by atoms with Crippen LogP contribution in [0.3, 0.4) is 0 Å². The van der Waals surface area contributed by atoms with E-state index in [0.29, 0.717) is 12.3 Å². The van der Waals surface area contributed by atoms with Crippen LogP contribution < -0.4 is 10.6 Å². The molecule has 118 valence electrons. The van der Waals surface area contributed by atoms with Crippen LogP contribution in [0.4, 0.5) is 10.8 Å². The van der Waals surface area contributed by atoms with Gasteiger partial charge in [-0.1, -0.05) is 32.9 Å². The van der Waals surface area contributed by atoms with Gasteiger partial charge in [0.15, 0.2) is 5.13 Å². The Morgan fingerprint density at radius 2 is 2.00 bits per heavy atom. The zero-order valence-electron chi connectivity index (χ0n) is 13.3. The molecule has 0 aliphatic carbocycles. The van der Waals surface area contributed by atoms with Crippen LogP contribution in [-0.2, 0) is 4.79 Å². The summed E-state index contributed by atoms with van der Waals surface area (Å²) >= 11 is 1.62. The maximum absolute atomic E-state index is 11.6. The Labute approximate surface area is 136 Å². The molecule has 2 rings (SSSR count). The van der Waals surface area contributed by atoms with Crippen molar-refractivity contribution in [3.63, 3.8) is 0 Å². The van der Waals surface area contributed by atoms with Gasteiger partial charge >= 0.3 is 0 Å². The number of rotatable bonds is 7. The van der Waals surface area contributed by atoms with Crippen molar-refractivity contribution in [3.05, 3.63) is 29.6 Å². The molecule has 1 aromatic carbocycles. The molecule has 5 heteroatoms. The molecule has 0 atom stereocenters. The molecule has 0 saturated heterocycles. The smallest absolute Gasteiger partial charge is 0.224 e. The van der Waals surface area contributed by atoms with Crippen LogP contribution in [0.5, 0.6) is 0 Å². The number of anilines is 2. The minimum atomic E-state index is 0.0593. The van der Waals surface area contributed by atoms with Crippen LogP contribution in [-0.4, -0.2) is 17.4 Å². The van der Waals surface area contributed by atoms with Gasteiger partial charge in [0.05, 0.1) is 5.69 Å². The predicted octanol–water partition coefficient (Wildman–Crippen LogP) is 4.62. The zero-order chi connectivity index (χ0) is 15.9. The minimum absolute atomic E-state index is 0.0593. The number of nitrogens with one attached hydrogen (secondary N) is 2. The summed E-state index contributed by atoms with van der Waals surface area (Å²) in [5.41, 5.74) is 2.85. The summed E-state index contributed by atoms with van der Waals surface area (Å²) in [6.45, 7) is 7.27. The Balaban J connectivity index is 1.99. The monoisotopic (exact) mass is 317 g/mol. The number of aromatic nitrogens is 1. The molecule has 2 N–H and O–H groups in total. The summed E-state index contributed by atoms with van der Waals surface area (Å²) in [5, 5.41) is 9.22. The highest BCUT2D eigenvalue weighted by molar-refractivity contribution is 7.14. The normalized spacial score (nSPS) is 10.7. The number of nitrogens with zero attached hydrogens (tertiary/aromatic N) is 1. The Hall–Kier alpha value is -1.88. The fourth-order valence-corrected chi connectivity index (χ4v) is 2.68. The van der Waals surface area contributed by atoms with Gasteiger partial charge in [-0.25, -0.2) is 4.98 Å². The van der Waals surface area contributed by atoms with Crippen molar-refractivity contribution in [1.82, 2.24) is 4.98 Å². The van der Waals surface area contributed by atoms with Gasteiger partial charge in [0, 0.05) is 29.6 Å². The van der Waals surface area contributed by atoms with Crippen LogP contribution in [0.2, 0.25) is 0 Å². The summed E-state index contributed by atoms with van der Waals surface area (Å²) < 4.78 is 0. The molecule has 0 bridgehead atoms. The summed E-state index contributed by atoms with van der Waals surface area (Å²) in [6, 6.07) is 7.82. The maximum atomic E-state index is 11.6. The molecule has 0 aliphatic rings. The number of hydrogen-bond acceptors (Lipinski definition) is 4. The first-order valence-electron chi connectivity index (χ1n) is 7.68. The lowest BCUT2D eigenvalue weighted by molar-refractivity contribution is -0.116. The first kappa shape index (κ1) is 16.5. The lowest BCUT2D eigenvalue weighted by Gasteiger charge is -2.05. The van der Waals surface area contributed by atoms with E-state index in [-0.39, 0.29) is 5.91 Å². The molecular weight excluding hydrogens is 294 g/mol. The quantitative estimate of drug-likeness (QED) is 0.783. The molecule has 0 spiro atoms. The van der Waals surface area contributed by atoms with E-state index in [4.69, 9.17) is 0 Å². The largest absolute Gasteiger partial charge is 0.361 e. The summed E-state index contributed by atoms with van der Waals surface area (Å²) in [5.74, 6) is 0.655. The third-order valence-electron chi connectivity index (χ3n) is 3.11. The summed E-state index contributed by atoms with van der Waals surface area (Å²) in [7, 11) is 0. The minimum Gasteiger partial charge on any atom is -0.361 e. The van der Waals surface area contributed by atoms with Crippen molar-refractivity contribution in [2.75, 3.05) is 17.2 Å². The first-order chi connectivity index (χ1) is 10.6. The lowest BCUT2D eigenvalue weighted by atomic mass is 10.1. The van der Waals surface area contributed by atoms with E-state index in [1.165, 1.54) is 0 Å². The highest BCUT2D eigenvalue weighted by Crippen LogP contribution is 2.26. The highest BCUT2D eigenvalue weighted by atomic mass is 32.1. The second kappa shape index (κ2) is 7.94. The lowest BCUT2D eigenvalue weighted by Crippen LogP contribution is -2.10. The van der Waals surface area contributed by atoms with E-state index in [0.717, 1.165) is 35.0 Å². The van der Waals surface area contributed by atoms with E-state index in [1.54, 1.807) is 11.3 Å². The summed E-state index contributed by atoms with van der Waals surface area (Å²) in [6.07, 6.45) is 1.41. The number of amides is 1. The van der Waals surface area contributed by atoms with Crippen LogP contribution in [0.15, 0.2) is 29.6 Å². The van der Waals surface area contributed by atoms with Gasteiger partial charge in [0.2, 0.25) is 5.91 Å². The van der Waals surface area contributed by atoms with Gasteiger partial charge in [0.25, 0.3) is 0 Å². The van der Waals surface area contributed by atoms with Gasteiger partial charge in [-0.05, 0) is 24.5 Å². The van der Waals surface area contributed by atoms with E-state index >= 15 is 0 Å². The fourth-order valence-electron chi connectivity index (χ4n) is 1.95. The molecule has 22 heavy (non-hydrogen) atoms. The Bertz CT molecular complexity index is 605. The van der Waals surface area contributed by atoms with Crippen molar-refractivity contribution < 1.29 is 4.79 Å². The molecule has 1 amide bonds. The first-order valence-corrected chi connectivity index (χ1v) is 8.56. The van der Waals surface area contributed by atoms with Gasteiger partial charge in [-0.15, -0.1) is 11.3 Å². The average Bonchev–Trinajstić information content (AvgIpc) is 2.95. The molecule has 0 radical (unpaired) electrons. The topological polar surface area (TPSA) is 54.0 Å². The van der Waals surface area contributed by atoms with Crippen molar-refractivity contribution >= 4 is 28.1 Å². The van der Waals surface area contributed by atoms with Crippen molar-refractivity contribution in [2.24, 2.45) is 5.92 Å². The number of thiazole rings is 1. The van der Waals surface area contributed by atoms with Gasteiger partial charge in [-0.3, -0.25) is 4.79 Å². The maximum Gasteiger partial charge on any atom is 0.224 e. The standard InChI is InChI=1S/C17H23N3OS/c1-4-5-16(21)19-14-8-6-13(7-9-14)15-11-22-17(20-15)18-10-12(2)3/h6-9,11-12H,4-5,10H2,1-3H3,(H,18,20)(H,19,21). The Morgan fingerprint density at radius 3 is 2.64 bits per heavy atom. The Morgan fingerprint density at radius 1 is 1.27 bits per heavy atom. The molecule has 0 fully saturated rings. The average molecular weight is 317 g/mol. The van der Waals surface area contributed by atoms with Gasteiger partial charge in [-0.2, -0.15) is 0 Å². The van der Waals surface area contributed by atoms with Crippen LogP contribution in [0, 0.1) is 5.92 Å². The van der Waals surface area contributed by atoms with Crippen LogP contribution in [0.1, 0.15) is 33.6 Å². The van der Waals surface area contributed by atoms with Crippen LogP contribution >= 0.6 is 11.3 Å². The van der Waals surface area contributed by atoms with E-state index < -0.39 is 0 Å². The predicted molar refractivity (Wildman–Crippen MR) is 94.4 cm³/mol. The molecule has 1 aromatic heterocycles. The SMILES string of the molecule is CCCC(=O)Nc1ccc(-c2csc(NCC(C)C)n2)cc1. The third-order valence-corrected chi connectivity index (χ3v) is 3.91. The second-order valence-corrected chi connectivity index (χ2v) is 6.55. The number of carbonyl (C=O) groups excluding carboxylic acids is 1. The van der Waals surface area contributed by atoms with E-state index in [1.807, 2.05) is 36.6 Å². The number of benzene rings is 1. The van der Waals surface area contributed by atoms with E-state index in [9.17, 15) is 4.79 Å². The van der Waals surface area contributed by atoms with Gasteiger partial charge < -0.3 is 10.6 Å². The molecule has 2 aromatic rings. The number of carbonyl (C=O) groups is 1. The highest BCUT2D eigenvalue weighted by Gasteiger charge is 2.06. The van der Waals surface area contributed by atoms with Crippen molar-refractivity contribution in [3.8, 4) is 11.3 Å². The fraction of sp³-hybridized carbons (Fsp3) is 0.412. The zero-order valence-corrected chi connectivity index (χ0v) is 14.2. The van der Waals surface area contributed by atoms with Crippen LogP contribution in [0.25, 0.3) is 11.3 Å². The van der Waals surface area contributed by atoms with Gasteiger partial charge in [0.1, 0.15) is 0 Å². The third kappa shape index (κ3) is 4.84. The number of hydrogen-bond donors (Lipinski definition) is 2. The molecule has 0 aliphatic heterocycles. The summed E-state index contributed by atoms with van der Waals surface area (Å²) in [4.78, 5) is 16.2. The molecule has 0 saturated carbocycles. The van der Waals surface area contributed by atoms with Crippen molar-refractivity contribution in [1.29, 1.82) is 0 Å². The molecule has 0 unspecified atom stereocenters.